The van der Waals surface area contributed by atoms with Crippen LogP contribution in [0.2, 0.25) is 0 Å². The maximum Gasteiger partial charge on any atom is 0.434 e. The molecule has 2 rings (SSSR count). The quantitative estimate of drug-likeness (QED) is 0.588. The van der Waals surface area contributed by atoms with Crippen molar-refractivity contribution in [3.63, 3.8) is 0 Å². The number of alkyl halides is 3. The summed E-state index contributed by atoms with van der Waals surface area (Å²) in [5.74, 6) is 1.50. The lowest BCUT2D eigenvalue weighted by atomic mass is 10.3. The van der Waals surface area contributed by atoms with Crippen molar-refractivity contribution in [2.24, 2.45) is 4.99 Å². The SMILES string of the molecule is CCNC(=NCCc1nc(C(F)(F)F)cs1)NCCc1ccco1. The Bertz CT molecular complexity index is 637. The van der Waals surface area contributed by atoms with Crippen LogP contribution in [0.4, 0.5) is 13.2 Å². The van der Waals surface area contributed by atoms with Crippen molar-refractivity contribution < 1.29 is 17.6 Å². The van der Waals surface area contributed by atoms with E-state index in [1.54, 1.807) is 6.26 Å². The Morgan fingerprint density at radius 3 is 2.79 bits per heavy atom. The monoisotopic (exact) mass is 360 g/mol. The van der Waals surface area contributed by atoms with Crippen LogP contribution in [0.3, 0.4) is 0 Å². The summed E-state index contributed by atoms with van der Waals surface area (Å²) in [6.45, 7) is 3.65. The summed E-state index contributed by atoms with van der Waals surface area (Å²) in [5, 5.41) is 7.71. The third-order valence-electron chi connectivity index (χ3n) is 3.03. The molecule has 0 aliphatic rings. The highest BCUT2D eigenvalue weighted by Gasteiger charge is 2.33. The molecule has 0 aromatic carbocycles. The Balaban J connectivity index is 1.80. The van der Waals surface area contributed by atoms with Gasteiger partial charge in [-0.25, -0.2) is 4.98 Å². The number of aromatic nitrogens is 1. The topological polar surface area (TPSA) is 62.5 Å². The molecule has 0 saturated carbocycles. The van der Waals surface area contributed by atoms with Gasteiger partial charge < -0.3 is 15.1 Å². The lowest BCUT2D eigenvalue weighted by Gasteiger charge is -2.10. The normalized spacial score (nSPS) is 12.4. The summed E-state index contributed by atoms with van der Waals surface area (Å²) in [6.07, 6.45) is -1.67. The number of halogens is 3. The van der Waals surface area contributed by atoms with E-state index in [2.05, 4.69) is 20.6 Å². The van der Waals surface area contributed by atoms with Gasteiger partial charge in [0.15, 0.2) is 11.7 Å². The largest absolute Gasteiger partial charge is 0.469 e. The zero-order valence-corrected chi connectivity index (χ0v) is 14.0. The van der Waals surface area contributed by atoms with Crippen LogP contribution in [-0.2, 0) is 19.0 Å². The first-order valence-corrected chi connectivity index (χ1v) is 8.43. The van der Waals surface area contributed by atoms with Gasteiger partial charge in [-0.1, -0.05) is 0 Å². The van der Waals surface area contributed by atoms with Crippen LogP contribution in [0.5, 0.6) is 0 Å². The maximum atomic E-state index is 12.5. The number of hydrogen-bond donors (Lipinski definition) is 2. The van der Waals surface area contributed by atoms with Gasteiger partial charge in [0, 0.05) is 37.9 Å². The van der Waals surface area contributed by atoms with Gasteiger partial charge in [-0.05, 0) is 19.1 Å². The predicted molar refractivity (Wildman–Crippen MR) is 87.2 cm³/mol. The van der Waals surface area contributed by atoms with Crippen LogP contribution >= 0.6 is 11.3 Å². The Kier molecular flexibility index (Phi) is 6.65. The second kappa shape index (κ2) is 8.72. The summed E-state index contributed by atoms with van der Waals surface area (Å²) in [7, 11) is 0. The zero-order valence-electron chi connectivity index (χ0n) is 13.2. The molecule has 0 spiro atoms. The van der Waals surface area contributed by atoms with Crippen molar-refractivity contribution in [3.8, 4) is 0 Å². The van der Waals surface area contributed by atoms with Gasteiger partial charge >= 0.3 is 6.18 Å². The molecular formula is C15H19F3N4OS. The molecule has 132 valence electrons. The molecule has 2 N–H and O–H groups in total. The molecule has 24 heavy (non-hydrogen) atoms. The third kappa shape index (κ3) is 5.88. The van der Waals surface area contributed by atoms with Crippen molar-refractivity contribution in [2.75, 3.05) is 19.6 Å². The van der Waals surface area contributed by atoms with Crippen molar-refractivity contribution in [3.05, 3.63) is 40.2 Å². The minimum absolute atomic E-state index is 0.362. The Morgan fingerprint density at radius 1 is 1.33 bits per heavy atom. The summed E-state index contributed by atoms with van der Waals surface area (Å²) in [4.78, 5) is 7.94. The van der Waals surface area contributed by atoms with Crippen LogP contribution in [0.25, 0.3) is 0 Å². The van der Waals surface area contributed by atoms with Crippen molar-refractivity contribution in [1.29, 1.82) is 0 Å². The van der Waals surface area contributed by atoms with Gasteiger partial charge in [0.2, 0.25) is 0 Å². The van der Waals surface area contributed by atoms with Crippen LogP contribution in [0.15, 0.2) is 33.2 Å². The number of rotatable bonds is 7. The highest BCUT2D eigenvalue weighted by Crippen LogP contribution is 2.30. The average molecular weight is 360 g/mol. The molecule has 0 fully saturated rings. The second-order valence-corrected chi connectivity index (χ2v) is 5.83. The summed E-state index contributed by atoms with van der Waals surface area (Å²) in [6, 6.07) is 3.73. The van der Waals surface area contributed by atoms with Crippen LogP contribution < -0.4 is 10.6 Å². The van der Waals surface area contributed by atoms with E-state index in [9.17, 15) is 13.2 Å². The molecule has 0 bridgehead atoms. The van der Waals surface area contributed by atoms with E-state index >= 15 is 0 Å². The molecule has 0 atom stereocenters. The molecule has 0 aliphatic carbocycles. The van der Waals surface area contributed by atoms with Gasteiger partial charge in [-0.15, -0.1) is 11.3 Å². The molecule has 0 unspecified atom stereocenters. The van der Waals surface area contributed by atoms with Gasteiger partial charge in [0.25, 0.3) is 0 Å². The molecule has 9 heteroatoms. The highest BCUT2D eigenvalue weighted by molar-refractivity contribution is 7.09. The molecule has 2 aromatic rings. The second-order valence-electron chi connectivity index (χ2n) is 4.89. The summed E-state index contributed by atoms with van der Waals surface area (Å²) in [5.41, 5.74) is -0.838. The molecule has 2 heterocycles. The van der Waals surface area contributed by atoms with E-state index in [1.807, 2.05) is 19.1 Å². The van der Waals surface area contributed by atoms with Crippen molar-refractivity contribution >= 4 is 17.3 Å². The lowest BCUT2D eigenvalue weighted by Crippen LogP contribution is -2.38. The van der Waals surface area contributed by atoms with Crippen LogP contribution in [-0.4, -0.2) is 30.6 Å². The third-order valence-corrected chi connectivity index (χ3v) is 3.93. The first kappa shape index (κ1) is 18.3. The van der Waals surface area contributed by atoms with E-state index in [0.717, 1.165) is 28.9 Å². The van der Waals surface area contributed by atoms with E-state index < -0.39 is 11.9 Å². The first-order chi connectivity index (χ1) is 11.5. The highest BCUT2D eigenvalue weighted by atomic mass is 32.1. The van der Waals surface area contributed by atoms with Crippen molar-refractivity contribution in [1.82, 2.24) is 15.6 Å². The Morgan fingerprint density at radius 2 is 2.17 bits per heavy atom. The van der Waals surface area contributed by atoms with E-state index in [0.29, 0.717) is 37.0 Å². The first-order valence-electron chi connectivity index (χ1n) is 7.55. The molecule has 5 nitrogen and oxygen atoms in total. The minimum atomic E-state index is -4.39. The van der Waals surface area contributed by atoms with E-state index in [4.69, 9.17) is 4.42 Å². The molecule has 0 amide bonds. The number of nitrogens with zero attached hydrogens (tertiary/aromatic N) is 2. The molecule has 2 aromatic heterocycles. The smallest absolute Gasteiger partial charge is 0.434 e. The maximum absolute atomic E-state index is 12.5. The average Bonchev–Trinajstić information content (AvgIpc) is 3.18. The molecule has 0 aliphatic heterocycles. The van der Waals surface area contributed by atoms with Gasteiger partial charge in [0.1, 0.15) is 5.76 Å². The fraction of sp³-hybridized carbons (Fsp3) is 0.467. The van der Waals surface area contributed by atoms with Crippen LogP contribution in [0.1, 0.15) is 23.4 Å². The number of nitrogens with one attached hydrogen (secondary N) is 2. The van der Waals surface area contributed by atoms with Gasteiger partial charge in [-0.3, -0.25) is 4.99 Å². The fourth-order valence-corrected chi connectivity index (χ4v) is 2.71. The zero-order chi connectivity index (χ0) is 17.4. The number of aliphatic imine (C=N–C) groups is 1. The van der Waals surface area contributed by atoms with Crippen LogP contribution in [0, 0.1) is 0 Å². The number of hydrogen-bond acceptors (Lipinski definition) is 4. The van der Waals surface area contributed by atoms with E-state index in [1.165, 1.54) is 0 Å². The van der Waals surface area contributed by atoms with Gasteiger partial charge in [0.05, 0.1) is 11.3 Å². The lowest BCUT2D eigenvalue weighted by molar-refractivity contribution is -0.140. The van der Waals surface area contributed by atoms with Gasteiger partial charge in [-0.2, -0.15) is 13.2 Å². The molecular weight excluding hydrogens is 341 g/mol. The van der Waals surface area contributed by atoms with E-state index in [-0.39, 0.29) is 0 Å². The minimum Gasteiger partial charge on any atom is -0.469 e. The fourth-order valence-electron chi connectivity index (χ4n) is 1.92. The summed E-state index contributed by atoms with van der Waals surface area (Å²) < 4.78 is 42.7. The Hall–Kier alpha value is -2.03. The van der Waals surface area contributed by atoms with Crippen molar-refractivity contribution in [2.45, 2.75) is 25.9 Å². The molecule has 0 radical (unpaired) electrons. The Labute approximate surface area is 142 Å². The number of thiazole rings is 1. The standard InChI is InChI=1S/C15H19F3N4OS/c1-2-19-14(20-7-5-11-4-3-9-23-11)21-8-6-13-22-12(10-24-13)15(16,17)18/h3-4,9-10H,2,5-8H2,1H3,(H2,19,20,21). The summed E-state index contributed by atoms with van der Waals surface area (Å²) >= 11 is 1.00. The predicted octanol–water partition coefficient (Wildman–Crippen LogP) is 3.10. The number of guanidine groups is 1. The number of furan rings is 1. The molecule has 0 saturated heterocycles.